The van der Waals surface area contributed by atoms with Gasteiger partial charge in [-0.25, -0.2) is 0 Å². The van der Waals surface area contributed by atoms with Crippen molar-refractivity contribution in [3.8, 4) is 0 Å². The molecule has 1 fully saturated rings. The number of rotatable bonds is 5. The van der Waals surface area contributed by atoms with Crippen LogP contribution in [0, 0.1) is 6.92 Å². The third kappa shape index (κ3) is 3.89. The zero-order valence-corrected chi connectivity index (χ0v) is 18.1. The van der Waals surface area contributed by atoms with Gasteiger partial charge in [0.2, 0.25) is 0 Å². The summed E-state index contributed by atoms with van der Waals surface area (Å²) in [5.41, 5.74) is 0.885. The first-order valence-corrected chi connectivity index (χ1v) is 10.8. The first-order chi connectivity index (χ1) is 13.9. The van der Waals surface area contributed by atoms with E-state index in [1.54, 1.807) is 23.1 Å². The number of anilines is 1. The number of ketones is 1. The average Bonchev–Trinajstić information content (AvgIpc) is 2.91. The lowest BCUT2D eigenvalue weighted by Crippen LogP contribution is -2.47. The minimum absolute atomic E-state index is 0.244. The van der Waals surface area contributed by atoms with E-state index >= 15 is 0 Å². The molecule has 0 aliphatic carbocycles. The monoisotopic (exact) mass is 456 g/mol. The van der Waals surface area contributed by atoms with Crippen LogP contribution in [0.25, 0.3) is 0 Å². The number of amides is 1. The van der Waals surface area contributed by atoms with Crippen molar-refractivity contribution in [2.24, 2.45) is 0 Å². The number of likely N-dealkylation sites (tertiary alicyclic amines) is 1. The van der Waals surface area contributed by atoms with Gasteiger partial charge in [-0.1, -0.05) is 52.2 Å². The van der Waals surface area contributed by atoms with Crippen molar-refractivity contribution in [2.75, 3.05) is 24.7 Å². The molecule has 2 aromatic rings. The fraction of sp³-hybridized carbons (Fsp3) is 0.391. The van der Waals surface area contributed by atoms with Crippen molar-refractivity contribution >= 4 is 33.3 Å². The number of aliphatic hydroxyl groups is 1. The standard InChI is InChI=1S/C23H25BrN2O3/c1-16-5-7-17(8-6-16)21(27)14-23(29)19-13-18(24)9-10-20(19)26(22(23)28)15-25-11-3-2-4-12-25/h5-10,13,29H,2-4,11-12,14-15H2,1H3. The van der Waals surface area contributed by atoms with Crippen LogP contribution in [0.1, 0.15) is 47.2 Å². The largest absolute Gasteiger partial charge is 0.375 e. The molecule has 1 amide bonds. The number of carbonyl (C=O) groups is 2. The van der Waals surface area contributed by atoms with Crippen LogP contribution in [0.3, 0.4) is 0 Å². The third-order valence-electron chi connectivity index (χ3n) is 5.87. The van der Waals surface area contributed by atoms with Gasteiger partial charge >= 0.3 is 0 Å². The maximum absolute atomic E-state index is 13.4. The molecule has 2 aliphatic rings. The molecule has 152 valence electrons. The first-order valence-electron chi connectivity index (χ1n) is 10.0. The van der Waals surface area contributed by atoms with E-state index in [1.165, 1.54) is 6.42 Å². The number of hydrogen-bond donors (Lipinski definition) is 1. The van der Waals surface area contributed by atoms with Gasteiger partial charge in [0.05, 0.1) is 18.8 Å². The molecule has 0 bridgehead atoms. The molecule has 2 aromatic carbocycles. The molecule has 6 heteroatoms. The second-order valence-corrected chi connectivity index (χ2v) is 8.96. The molecule has 1 unspecified atom stereocenters. The van der Waals surface area contributed by atoms with Gasteiger partial charge in [-0.3, -0.25) is 19.4 Å². The topological polar surface area (TPSA) is 60.9 Å². The summed E-state index contributed by atoms with van der Waals surface area (Å²) >= 11 is 3.44. The van der Waals surface area contributed by atoms with E-state index < -0.39 is 11.5 Å². The lowest BCUT2D eigenvalue weighted by atomic mass is 9.88. The van der Waals surface area contributed by atoms with Crippen molar-refractivity contribution in [1.82, 2.24) is 4.90 Å². The molecular formula is C23H25BrN2O3. The summed E-state index contributed by atoms with van der Waals surface area (Å²) in [7, 11) is 0. The van der Waals surface area contributed by atoms with Gasteiger partial charge in [-0.2, -0.15) is 0 Å². The molecule has 5 nitrogen and oxygen atoms in total. The molecule has 0 aromatic heterocycles. The summed E-state index contributed by atoms with van der Waals surface area (Å²) in [5, 5.41) is 11.5. The summed E-state index contributed by atoms with van der Waals surface area (Å²) in [6.45, 7) is 4.27. The summed E-state index contributed by atoms with van der Waals surface area (Å²) in [4.78, 5) is 30.1. The summed E-state index contributed by atoms with van der Waals surface area (Å²) in [6.07, 6.45) is 3.18. The minimum Gasteiger partial charge on any atom is -0.375 e. The number of halogens is 1. The Morgan fingerprint density at radius 1 is 1.10 bits per heavy atom. The average molecular weight is 457 g/mol. The van der Waals surface area contributed by atoms with E-state index in [2.05, 4.69) is 20.8 Å². The van der Waals surface area contributed by atoms with Crippen LogP contribution >= 0.6 is 15.9 Å². The van der Waals surface area contributed by atoms with E-state index in [9.17, 15) is 14.7 Å². The predicted molar refractivity (Wildman–Crippen MR) is 116 cm³/mol. The van der Waals surface area contributed by atoms with Crippen molar-refractivity contribution in [2.45, 2.75) is 38.2 Å². The summed E-state index contributed by atoms with van der Waals surface area (Å²) < 4.78 is 0.769. The highest BCUT2D eigenvalue weighted by atomic mass is 79.9. The van der Waals surface area contributed by atoms with Crippen molar-refractivity contribution in [3.63, 3.8) is 0 Å². The molecule has 2 heterocycles. The Kier molecular flexibility index (Phi) is 5.60. The van der Waals surface area contributed by atoms with Crippen LogP contribution in [0.4, 0.5) is 5.69 Å². The van der Waals surface area contributed by atoms with E-state index in [0.29, 0.717) is 23.5 Å². The van der Waals surface area contributed by atoms with Crippen LogP contribution in [0.15, 0.2) is 46.9 Å². The Hall–Kier alpha value is -2.02. The van der Waals surface area contributed by atoms with Crippen LogP contribution < -0.4 is 4.90 Å². The van der Waals surface area contributed by atoms with Gasteiger partial charge in [-0.15, -0.1) is 0 Å². The van der Waals surface area contributed by atoms with Crippen LogP contribution in [0.5, 0.6) is 0 Å². The quantitative estimate of drug-likeness (QED) is 0.690. The highest BCUT2D eigenvalue weighted by Gasteiger charge is 2.51. The fourth-order valence-electron chi connectivity index (χ4n) is 4.21. The second-order valence-electron chi connectivity index (χ2n) is 8.04. The SMILES string of the molecule is Cc1ccc(C(=O)CC2(O)C(=O)N(CN3CCCCC3)c3ccc(Br)cc32)cc1. The normalized spacial score (nSPS) is 22.0. The predicted octanol–water partition coefficient (Wildman–Crippen LogP) is 4.01. The summed E-state index contributed by atoms with van der Waals surface area (Å²) in [6, 6.07) is 12.7. The zero-order chi connectivity index (χ0) is 20.6. The first kappa shape index (κ1) is 20.3. The Labute approximate surface area is 179 Å². The number of benzene rings is 2. The van der Waals surface area contributed by atoms with Crippen LogP contribution in [0.2, 0.25) is 0 Å². The molecule has 0 radical (unpaired) electrons. The number of Topliss-reactive ketones (excluding diaryl/α,β-unsaturated/α-hetero) is 1. The van der Waals surface area contributed by atoms with E-state index in [0.717, 1.165) is 36.0 Å². The molecule has 4 rings (SSSR count). The smallest absolute Gasteiger partial charge is 0.265 e. The lowest BCUT2D eigenvalue weighted by Gasteiger charge is -2.31. The van der Waals surface area contributed by atoms with Gasteiger partial charge in [0, 0.05) is 15.6 Å². The molecular weight excluding hydrogens is 432 g/mol. The molecule has 1 atom stereocenters. The number of piperidine rings is 1. The number of nitrogens with zero attached hydrogens (tertiary/aromatic N) is 2. The van der Waals surface area contributed by atoms with Gasteiger partial charge in [0.15, 0.2) is 11.4 Å². The molecule has 1 N–H and O–H groups in total. The minimum atomic E-state index is -1.85. The number of fused-ring (bicyclic) bond motifs is 1. The van der Waals surface area contributed by atoms with E-state index in [-0.39, 0.29) is 12.2 Å². The summed E-state index contributed by atoms with van der Waals surface area (Å²) in [5.74, 6) is -0.664. The maximum atomic E-state index is 13.4. The zero-order valence-electron chi connectivity index (χ0n) is 16.5. The van der Waals surface area contributed by atoms with Crippen molar-refractivity contribution < 1.29 is 14.7 Å². The number of aryl methyl sites for hydroxylation is 1. The Balaban J connectivity index is 1.65. The van der Waals surface area contributed by atoms with Gasteiger partial charge in [-0.05, 0) is 51.1 Å². The molecule has 29 heavy (non-hydrogen) atoms. The second kappa shape index (κ2) is 8.01. The van der Waals surface area contributed by atoms with E-state index in [4.69, 9.17) is 0 Å². The highest BCUT2D eigenvalue weighted by Crippen LogP contribution is 2.44. The third-order valence-corrected chi connectivity index (χ3v) is 6.37. The molecule has 0 spiro atoms. The van der Waals surface area contributed by atoms with Gasteiger partial charge in [0.1, 0.15) is 0 Å². The van der Waals surface area contributed by atoms with Gasteiger partial charge < -0.3 is 5.11 Å². The molecule has 0 saturated carbocycles. The number of hydrogen-bond acceptors (Lipinski definition) is 4. The Morgan fingerprint density at radius 3 is 2.48 bits per heavy atom. The van der Waals surface area contributed by atoms with Crippen LogP contribution in [-0.4, -0.2) is 41.5 Å². The molecule has 2 aliphatic heterocycles. The fourth-order valence-corrected chi connectivity index (χ4v) is 4.57. The van der Waals surface area contributed by atoms with E-state index in [1.807, 2.05) is 31.2 Å². The van der Waals surface area contributed by atoms with Crippen molar-refractivity contribution in [1.29, 1.82) is 0 Å². The Bertz CT molecular complexity index is 938. The van der Waals surface area contributed by atoms with Crippen LogP contribution in [-0.2, 0) is 10.4 Å². The highest BCUT2D eigenvalue weighted by molar-refractivity contribution is 9.10. The van der Waals surface area contributed by atoms with Gasteiger partial charge in [0.25, 0.3) is 5.91 Å². The maximum Gasteiger partial charge on any atom is 0.265 e. The lowest BCUT2D eigenvalue weighted by molar-refractivity contribution is -0.136. The number of carbonyl (C=O) groups excluding carboxylic acids is 2. The Morgan fingerprint density at radius 2 is 1.79 bits per heavy atom. The van der Waals surface area contributed by atoms with Crippen molar-refractivity contribution in [3.05, 3.63) is 63.6 Å². The molecule has 1 saturated heterocycles.